The maximum absolute atomic E-state index is 12.2. The van der Waals surface area contributed by atoms with E-state index in [-0.39, 0.29) is 24.4 Å². The molecule has 0 saturated heterocycles. The summed E-state index contributed by atoms with van der Waals surface area (Å²) < 4.78 is 6.19. The molecule has 0 N–H and O–H groups in total. The number of hydrogen-bond donors (Lipinski definition) is 0. The molecule has 0 spiro atoms. The summed E-state index contributed by atoms with van der Waals surface area (Å²) >= 11 is 1.66. The maximum atomic E-state index is 12.2. The molecule has 1 aliphatic carbocycles. The number of carbonyl (C=O) groups is 1. The van der Waals surface area contributed by atoms with Gasteiger partial charge < -0.3 is 4.74 Å². The fourth-order valence-electron chi connectivity index (χ4n) is 2.97. The van der Waals surface area contributed by atoms with E-state index in [2.05, 4.69) is 6.07 Å². The summed E-state index contributed by atoms with van der Waals surface area (Å²) in [6, 6.07) is 9.90. The van der Waals surface area contributed by atoms with Crippen LogP contribution in [-0.4, -0.2) is 17.6 Å². The van der Waals surface area contributed by atoms with Gasteiger partial charge in [-0.15, -0.1) is 11.3 Å². The van der Waals surface area contributed by atoms with Crippen LogP contribution in [0.3, 0.4) is 0 Å². The molecule has 21 heavy (non-hydrogen) atoms. The van der Waals surface area contributed by atoms with Crippen LogP contribution >= 0.6 is 11.3 Å². The zero-order valence-corrected chi connectivity index (χ0v) is 12.4. The lowest BCUT2D eigenvalue weighted by Gasteiger charge is -2.28. The summed E-state index contributed by atoms with van der Waals surface area (Å²) in [5.74, 6) is -0.282. The number of nitrogens with zero attached hydrogens (tertiary/aromatic N) is 2. The van der Waals surface area contributed by atoms with E-state index in [1.54, 1.807) is 11.3 Å². The second-order valence-corrected chi connectivity index (χ2v) is 6.35. The summed E-state index contributed by atoms with van der Waals surface area (Å²) in [5.41, 5.74) is 0.993. The molecule has 2 aromatic rings. The first-order valence-electron chi connectivity index (χ1n) is 7.18. The largest absolute Gasteiger partial charge is 0.450 e. The Morgan fingerprint density at radius 3 is 3.00 bits per heavy atom. The van der Waals surface area contributed by atoms with Crippen molar-refractivity contribution >= 4 is 27.5 Å². The van der Waals surface area contributed by atoms with E-state index >= 15 is 0 Å². The number of fused-ring (bicyclic) bond motifs is 1. The van der Waals surface area contributed by atoms with E-state index in [0.29, 0.717) is 0 Å². The molecule has 0 unspecified atom stereocenters. The molecule has 5 heteroatoms. The number of nitriles is 1. The van der Waals surface area contributed by atoms with Crippen LogP contribution in [0.2, 0.25) is 0 Å². The zero-order valence-electron chi connectivity index (χ0n) is 11.6. The van der Waals surface area contributed by atoms with Crippen molar-refractivity contribution in [3.63, 3.8) is 0 Å². The third-order valence-corrected chi connectivity index (χ3v) is 5.14. The predicted octanol–water partition coefficient (Wildman–Crippen LogP) is 3.64. The molecule has 108 valence electrons. The lowest BCUT2D eigenvalue weighted by atomic mass is 9.79. The molecule has 0 amide bonds. The molecule has 0 bridgehead atoms. The van der Waals surface area contributed by atoms with Gasteiger partial charge in [-0.05, 0) is 25.0 Å². The van der Waals surface area contributed by atoms with E-state index in [4.69, 9.17) is 15.0 Å². The highest BCUT2D eigenvalue weighted by Gasteiger charge is 2.35. The molecule has 1 fully saturated rings. The molecular weight excluding hydrogens is 284 g/mol. The minimum Gasteiger partial charge on any atom is -0.450 e. The minimum absolute atomic E-state index is 0.127. The third-order valence-electron chi connectivity index (χ3n) is 3.98. The van der Waals surface area contributed by atoms with Gasteiger partial charge in [-0.2, -0.15) is 5.26 Å². The van der Waals surface area contributed by atoms with Crippen LogP contribution < -0.4 is 0 Å². The number of benzene rings is 1. The van der Waals surface area contributed by atoms with Crippen LogP contribution in [0.1, 0.15) is 36.6 Å². The fraction of sp³-hybridized carbons (Fsp3) is 0.438. The Morgan fingerprint density at radius 1 is 1.38 bits per heavy atom. The van der Waals surface area contributed by atoms with Crippen molar-refractivity contribution in [3.05, 3.63) is 29.3 Å². The lowest BCUT2D eigenvalue weighted by Crippen LogP contribution is -2.27. The van der Waals surface area contributed by atoms with Gasteiger partial charge in [-0.25, -0.2) is 4.98 Å². The van der Waals surface area contributed by atoms with Gasteiger partial charge in [-0.1, -0.05) is 25.0 Å². The van der Waals surface area contributed by atoms with Crippen LogP contribution in [0.4, 0.5) is 0 Å². The van der Waals surface area contributed by atoms with Crippen LogP contribution in [0.5, 0.6) is 0 Å². The number of carbonyl (C=O) groups excluding carboxylic acids is 1. The normalized spacial score (nSPS) is 21.9. The van der Waals surface area contributed by atoms with Crippen molar-refractivity contribution in [1.29, 1.82) is 5.26 Å². The molecular formula is C16H16N2O2S. The van der Waals surface area contributed by atoms with Crippen molar-refractivity contribution in [3.8, 4) is 6.07 Å². The Balaban J connectivity index is 1.86. The lowest BCUT2D eigenvalue weighted by molar-refractivity contribution is -0.148. The summed E-state index contributed by atoms with van der Waals surface area (Å²) in [4.78, 5) is 16.9. The fourth-order valence-corrected chi connectivity index (χ4v) is 4.14. The molecule has 2 atom stereocenters. The van der Waals surface area contributed by atoms with Gasteiger partial charge in [0.15, 0.2) is 6.61 Å². The maximum Gasteiger partial charge on any atom is 0.310 e. The topological polar surface area (TPSA) is 63.0 Å². The first kappa shape index (κ1) is 14.0. The SMILES string of the molecule is N#CCOC(=O)[C@@H]1CCCC[C@@H]1c1nc2ccccc2s1. The molecule has 0 aliphatic heterocycles. The Bertz CT molecular complexity index is 656. The Kier molecular flexibility index (Phi) is 4.16. The first-order chi connectivity index (χ1) is 10.3. The average molecular weight is 300 g/mol. The summed E-state index contributed by atoms with van der Waals surface area (Å²) in [5, 5.41) is 9.58. The van der Waals surface area contributed by atoms with E-state index < -0.39 is 0 Å². The molecule has 4 nitrogen and oxygen atoms in total. The summed E-state index contributed by atoms with van der Waals surface area (Å²) in [6.45, 7) is -0.165. The smallest absolute Gasteiger partial charge is 0.310 e. The number of esters is 1. The van der Waals surface area contributed by atoms with Gasteiger partial charge in [-0.3, -0.25) is 4.79 Å². The molecule has 1 aromatic carbocycles. The van der Waals surface area contributed by atoms with E-state index in [1.807, 2.05) is 24.3 Å². The third kappa shape index (κ3) is 2.91. The summed E-state index contributed by atoms with van der Waals surface area (Å²) in [6.07, 6.45) is 3.94. The van der Waals surface area contributed by atoms with Gasteiger partial charge in [0.1, 0.15) is 6.07 Å². The molecule has 3 rings (SSSR count). The van der Waals surface area contributed by atoms with Gasteiger partial charge >= 0.3 is 5.97 Å². The number of ether oxygens (including phenoxy) is 1. The zero-order chi connectivity index (χ0) is 14.7. The quantitative estimate of drug-likeness (QED) is 0.812. The van der Waals surface area contributed by atoms with Gasteiger partial charge in [0.05, 0.1) is 21.1 Å². The number of hydrogen-bond acceptors (Lipinski definition) is 5. The van der Waals surface area contributed by atoms with Crippen LogP contribution in [-0.2, 0) is 9.53 Å². The van der Waals surface area contributed by atoms with Crippen molar-refractivity contribution in [2.45, 2.75) is 31.6 Å². The van der Waals surface area contributed by atoms with Crippen LogP contribution in [0.15, 0.2) is 24.3 Å². The predicted molar refractivity (Wildman–Crippen MR) is 80.9 cm³/mol. The van der Waals surface area contributed by atoms with Crippen molar-refractivity contribution < 1.29 is 9.53 Å². The van der Waals surface area contributed by atoms with Crippen LogP contribution in [0, 0.1) is 17.2 Å². The molecule has 1 saturated carbocycles. The number of rotatable bonds is 3. The molecule has 1 heterocycles. The standard InChI is InChI=1S/C16H16N2O2S/c17-9-10-20-16(19)12-6-2-1-5-11(12)15-18-13-7-3-4-8-14(13)21-15/h3-4,7-8,11-12H,1-2,5-6,10H2/t11-,12+/m0/s1. The molecule has 1 aliphatic rings. The first-order valence-corrected chi connectivity index (χ1v) is 8.00. The monoisotopic (exact) mass is 300 g/mol. The number of aromatic nitrogens is 1. The Hall–Kier alpha value is -1.93. The molecule has 0 radical (unpaired) electrons. The second-order valence-electron chi connectivity index (χ2n) is 5.28. The number of para-hydroxylation sites is 1. The van der Waals surface area contributed by atoms with Crippen LogP contribution in [0.25, 0.3) is 10.2 Å². The Morgan fingerprint density at radius 2 is 2.19 bits per heavy atom. The van der Waals surface area contributed by atoms with Gasteiger partial charge in [0.25, 0.3) is 0 Å². The van der Waals surface area contributed by atoms with Crippen molar-refractivity contribution in [2.75, 3.05) is 6.61 Å². The molecule has 1 aromatic heterocycles. The number of thiazole rings is 1. The highest BCUT2D eigenvalue weighted by Crippen LogP contribution is 2.41. The van der Waals surface area contributed by atoms with E-state index in [0.717, 1.165) is 40.9 Å². The highest BCUT2D eigenvalue weighted by atomic mass is 32.1. The summed E-state index contributed by atoms with van der Waals surface area (Å²) in [7, 11) is 0. The van der Waals surface area contributed by atoms with Gasteiger partial charge in [0, 0.05) is 5.92 Å². The van der Waals surface area contributed by atoms with Crippen molar-refractivity contribution in [1.82, 2.24) is 4.98 Å². The minimum atomic E-state index is -0.250. The second kappa shape index (κ2) is 6.23. The van der Waals surface area contributed by atoms with Crippen molar-refractivity contribution in [2.24, 2.45) is 5.92 Å². The Labute approximate surface area is 127 Å². The van der Waals surface area contributed by atoms with E-state index in [1.165, 1.54) is 0 Å². The van der Waals surface area contributed by atoms with Gasteiger partial charge in [0.2, 0.25) is 0 Å². The highest BCUT2D eigenvalue weighted by molar-refractivity contribution is 7.18. The van der Waals surface area contributed by atoms with E-state index in [9.17, 15) is 4.79 Å². The average Bonchev–Trinajstić information content (AvgIpc) is 2.96.